The zero-order valence-corrected chi connectivity index (χ0v) is 7.02. The number of rotatable bonds is 3. The summed E-state index contributed by atoms with van der Waals surface area (Å²) >= 11 is 0. The van der Waals surface area contributed by atoms with Gasteiger partial charge in [0.1, 0.15) is 5.57 Å². The van der Waals surface area contributed by atoms with Gasteiger partial charge in [0.25, 0.3) is 6.08 Å². The molecule has 1 aliphatic rings. The minimum Gasteiger partial charge on any atom is -0.478 e. The number of carboxylic acids is 1. The highest BCUT2D eigenvalue weighted by Crippen LogP contribution is 2.19. The maximum atomic E-state index is 12.1. The van der Waals surface area contributed by atoms with Crippen LogP contribution in [0.3, 0.4) is 0 Å². The highest BCUT2D eigenvalue weighted by Gasteiger charge is 2.22. The van der Waals surface area contributed by atoms with E-state index < -0.39 is 17.6 Å². The van der Waals surface area contributed by atoms with E-state index in [1.165, 1.54) is 0 Å². The zero-order chi connectivity index (χ0) is 9.84. The van der Waals surface area contributed by atoms with Crippen molar-refractivity contribution in [2.75, 3.05) is 6.54 Å². The SMILES string of the molecule is O=C(O)C(C[C@@H]1CCCN1)=C(F)F. The number of hydrogen-bond acceptors (Lipinski definition) is 2. The van der Waals surface area contributed by atoms with Crippen LogP contribution in [-0.2, 0) is 4.79 Å². The first-order valence-electron chi connectivity index (χ1n) is 4.12. The molecular weight excluding hydrogens is 180 g/mol. The maximum Gasteiger partial charge on any atom is 0.337 e. The van der Waals surface area contributed by atoms with Gasteiger partial charge in [-0.25, -0.2) is 4.79 Å². The van der Waals surface area contributed by atoms with E-state index in [0.29, 0.717) is 0 Å². The molecule has 0 amide bonds. The third-order valence-electron chi connectivity index (χ3n) is 2.10. The van der Waals surface area contributed by atoms with Gasteiger partial charge >= 0.3 is 5.97 Å². The van der Waals surface area contributed by atoms with Gasteiger partial charge in [0.2, 0.25) is 0 Å². The van der Waals surface area contributed by atoms with Gasteiger partial charge in [0, 0.05) is 12.5 Å². The second-order valence-electron chi connectivity index (χ2n) is 3.04. The third-order valence-corrected chi connectivity index (χ3v) is 2.10. The molecule has 0 aromatic carbocycles. The minimum absolute atomic E-state index is 0.0856. The van der Waals surface area contributed by atoms with Crippen molar-refractivity contribution < 1.29 is 18.7 Å². The van der Waals surface area contributed by atoms with Gasteiger partial charge in [-0.05, 0) is 19.4 Å². The Balaban J connectivity index is 2.58. The molecule has 0 aromatic heterocycles. The predicted octanol–water partition coefficient (Wildman–Crippen LogP) is 1.36. The Morgan fingerprint density at radius 3 is 2.62 bits per heavy atom. The van der Waals surface area contributed by atoms with Crippen molar-refractivity contribution in [2.24, 2.45) is 0 Å². The summed E-state index contributed by atoms with van der Waals surface area (Å²) in [6.45, 7) is 0.783. The van der Waals surface area contributed by atoms with Crippen molar-refractivity contribution in [3.8, 4) is 0 Å². The molecule has 0 bridgehead atoms. The molecule has 0 radical (unpaired) electrons. The Bertz CT molecular complexity index is 230. The summed E-state index contributed by atoms with van der Waals surface area (Å²) in [7, 11) is 0. The van der Waals surface area contributed by atoms with Crippen LogP contribution in [0.2, 0.25) is 0 Å². The van der Waals surface area contributed by atoms with Crippen LogP contribution in [0, 0.1) is 0 Å². The number of hydrogen-bond donors (Lipinski definition) is 2. The Morgan fingerprint density at radius 1 is 1.54 bits per heavy atom. The molecule has 1 saturated heterocycles. The Kier molecular flexibility index (Phi) is 3.36. The molecule has 0 aliphatic carbocycles. The normalized spacial score (nSPS) is 21.5. The lowest BCUT2D eigenvalue weighted by atomic mass is 10.1. The van der Waals surface area contributed by atoms with Crippen LogP contribution in [-0.4, -0.2) is 23.7 Å². The van der Waals surface area contributed by atoms with Crippen molar-refractivity contribution in [1.29, 1.82) is 0 Å². The number of carbonyl (C=O) groups is 1. The Labute approximate surface area is 74.4 Å². The smallest absolute Gasteiger partial charge is 0.337 e. The maximum absolute atomic E-state index is 12.1. The van der Waals surface area contributed by atoms with Crippen LogP contribution < -0.4 is 5.32 Å². The molecule has 3 nitrogen and oxygen atoms in total. The van der Waals surface area contributed by atoms with Gasteiger partial charge in [0.05, 0.1) is 0 Å². The summed E-state index contributed by atoms with van der Waals surface area (Å²) in [6.07, 6.45) is -0.478. The lowest BCUT2D eigenvalue weighted by Crippen LogP contribution is -2.23. The fourth-order valence-electron chi connectivity index (χ4n) is 1.42. The number of aliphatic carboxylic acids is 1. The largest absolute Gasteiger partial charge is 0.478 e. The van der Waals surface area contributed by atoms with Crippen molar-refractivity contribution in [3.63, 3.8) is 0 Å². The number of carboxylic acid groups (broad SMARTS) is 1. The third kappa shape index (κ3) is 2.77. The first kappa shape index (κ1) is 10.1. The van der Waals surface area contributed by atoms with E-state index in [1.54, 1.807) is 0 Å². The summed E-state index contributed by atoms with van der Waals surface area (Å²) in [4.78, 5) is 10.4. The average Bonchev–Trinajstić information content (AvgIpc) is 2.50. The second kappa shape index (κ2) is 4.32. The quantitative estimate of drug-likeness (QED) is 0.662. The van der Waals surface area contributed by atoms with Crippen molar-refractivity contribution in [3.05, 3.63) is 11.7 Å². The van der Waals surface area contributed by atoms with E-state index in [2.05, 4.69) is 5.32 Å². The van der Waals surface area contributed by atoms with Crippen molar-refractivity contribution in [1.82, 2.24) is 5.32 Å². The molecule has 13 heavy (non-hydrogen) atoms. The first-order valence-corrected chi connectivity index (χ1v) is 4.12. The van der Waals surface area contributed by atoms with Crippen LogP contribution in [0.25, 0.3) is 0 Å². The van der Waals surface area contributed by atoms with Crippen LogP contribution >= 0.6 is 0 Å². The summed E-state index contributed by atoms with van der Waals surface area (Å²) < 4.78 is 24.1. The van der Waals surface area contributed by atoms with Gasteiger partial charge in [-0.2, -0.15) is 8.78 Å². The molecule has 0 aromatic rings. The van der Waals surface area contributed by atoms with Crippen LogP contribution in [0.15, 0.2) is 11.7 Å². The summed E-state index contributed by atoms with van der Waals surface area (Å²) in [5.41, 5.74) is -0.764. The molecule has 74 valence electrons. The first-order chi connectivity index (χ1) is 6.11. The minimum atomic E-state index is -2.08. The molecule has 1 atom stereocenters. The van der Waals surface area contributed by atoms with E-state index in [9.17, 15) is 13.6 Å². The van der Waals surface area contributed by atoms with Gasteiger partial charge in [-0.3, -0.25) is 0 Å². The highest BCUT2D eigenvalue weighted by atomic mass is 19.3. The lowest BCUT2D eigenvalue weighted by Gasteiger charge is -2.08. The van der Waals surface area contributed by atoms with E-state index in [0.717, 1.165) is 19.4 Å². The van der Waals surface area contributed by atoms with Crippen LogP contribution in [0.4, 0.5) is 8.78 Å². The van der Waals surface area contributed by atoms with Gasteiger partial charge in [0.15, 0.2) is 0 Å². The van der Waals surface area contributed by atoms with Gasteiger partial charge in [-0.15, -0.1) is 0 Å². The van der Waals surface area contributed by atoms with E-state index >= 15 is 0 Å². The number of nitrogens with one attached hydrogen (secondary N) is 1. The van der Waals surface area contributed by atoms with E-state index in [4.69, 9.17) is 5.11 Å². The number of halogens is 2. The van der Waals surface area contributed by atoms with Gasteiger partial charge in [-0.1, -0.05) is 0 Å². The lowest BCUT2D eigenvalue weighted by molar-refractivity contribution is -0.133. The fraction of sp³-hybridized carbons (Fsp3) is 0.625. The van der Waals surface area contributed by atoms with Crippen LogP contribution in [0.1, 0.15) is 19.3 Å². The van der Waals surface area contributed by atoms with Crippen molar-refractivity contribution >= 4 is 5.97 Å². The monoisotopic (exact) mass is 191 g/mol. The van der Waals surface area contributed by atoms with Crippen molar-refractivity contribution in [2.45, 2.75) is 25.3 Å². The molecule has 1 aliphatic heterocycles. The average molecular weight is 191 g/mol. The zero-order valence-electron chi connectivity index (χ0n) is 7.02. The molecule has 0 saturated carbocycles. The fourth-order valence-corrected chi connectivity index (χ4v) is 1.42. The molecular formula is C8H11F2NO2. The molecule has 1 fully saturated rings. The molecule has 1 rings (SSSR count). The summed E-state index contributed by atoms with van der Waals surface area (Å²) in [5, 5.41) is 11.4. The highest BCUT2D eigenvalue weighted by molar-refractivity contribution is 5.86. The summed E-state index contributed by atoms with van der Waals surface area (Å²) in [5.74, 6) is -1.52. The Hall–Kier alpha value is -0.970. The summed E-state index contributed by atoms with van der Waals surface area (Å²) in [6, 6.07) is -0.104. The Morgan fingerprint density at radius 2 is 2.23 bits per heavy atom. The van der Waals surface area contributed by atoms with Crippen LogP contribution in [0.5, 0.6) is 0 Å². The molecule has 5 heteroatoms. The predicted molar refractivity (Wildman–Crippen MR) is 42.5 cm³/mol. The van der Waals surface area contributed by atoms with E-state index in [-0.39, 0.29) is 12.5 Å². The molecule has 0 spiro atoms. The standard InChI is InChI=1S/C8H11F2NO2/c9-7(10)6(8(12)13)4-5-2-1-3-11-5/h5,11H,1-4H2,(H,12,13)/t5-/m0/s1. The molecule has 2 N–H and O–H groups in total. The molecule has 1 heterocycles. The molecule has 0 unspecified atom stereocenters. The topological polar surface area (TPSA) is 49.3 Å². The second-order valence-corrected chi connectivity index (χ2v) is 3.04. The van der Waals surface area contributed by atoms with Gasteiger partial charge < -0.3 is 10.4 Å². The van der Waals surface area contributed by atoms with E-state index in [1.807, 2.05) is 0 Å².